The van der Waals surface area contributed by atoms with Crippen LogP contribution in [0.15, 0.2) is 78.0 Å². The van der Waals surface area contributed by atoms with Crippen LogP contribution < -0.4 is 0 Å². The molecule has 0 N–H and O–H groups in total. The van der Waals surface area contributed by atoms with Gasteiger partial charge in [-0.1, -0.05) is 68.5 Å². The fraction of sp³-hybridized carbons (Fsp3) is 0.296. The van der Waals surface area contributed by atoms with E-state index in [1.54, 1.807) is 24.3 Å². The lowest BCUT2D eigenvalue weighted by molar-refractivity contribution is 0.623. The predicted molar refractivity (Wildman–Crippen MR) is 129 cm³/mol. The van der Waals surface area contributed by atoms with Gasteiger partial charge in [0.1, 0.15) is 11.6 Å². The van der Waals surface area contributed by atoms with E-state index < -0.39 is 0 Å². The second kappa shape index (κ2) is 16.0. The fourth-order valence-electron chi connectivity index (χ4n) is 2.35. The third kappa shape index (κ3) is 11.3. The van der Waals surface area contributed by atoms with Crippen LogP contribution in [0.1, 0.15) is 57.2 Å². The van der Waals surface area contributed by atoms with Gasteiger partial charge in [-0.2, -0.15) is 0 Å². The van der Waals surface area contributed by atoms with E-state index in [0.717, 1.165) is 29.5 Å². The van der Waals surface area contributed by atoms with Gasteiger partial charge in [0.2, 0.25) is 0 Å². The number of halogens is 2. The van der Waals surface area contributed by atoms with E-state index in [1.165, 1.54) is 23.9 Å². The van der Waals surface area contributed by atoms with Crippen LogP contribution in [0.3, 0.4) is 0 Å². The summed E-state index contributed by atoms with van der Waals surface area (Å²) in [6.45, 7) is 15.5. The monoisotopic (exact) mass is 411 g/mol. The lowest BCUT2D eigenvalue weighted by Crippen LogP contribution is -1.88. The van der Waals surface area contributed by atoms with Gasteiger partial charge in [-0.15, -0.1) is 0 Å². The second-order valence-corrected chi connectivity index (χ2v) is 6.58. The molecule has 0 aliphatic carbocycles. The van der Waals surface area contributed by atoms with Crippen LogP contribution in [0, 0.1) is 25.5 Å². The quantitative estimate of drug-likeness (QED) is 0.345. The van der Waals surface area contributed by atoms with Crippen molar-refractivity contribution in [1.29, 1.82) is 0 Å². The topological polar surface area (TPSA) is 12.4 Å². The van der Waals surface area contributed by atoms with Crippen molar-refractivity contribution in [2.24, 2.45) is 4.99 Å². The van der Waals surface area contributed by atoms with Crippen LogP contribution in [-0.4, -0.2) is 6.21 Å². The summed E-state index contributed by atoms with van der Waals surface area (Å²) >= 11 is 0. The predicted octanol–water partition coefficient (Wildman–Crippen LogP) is 8.64. The molecule has 0 aliphatic heterocycles. The number of hydrogen-bond donors (Lipinski definition) is 0. The Morgan fingerprint density at radius 3 is 1.93 bits per heavy atom. The molecule has 162 valence electrons. The highest BCUT2D eigenvalue weighted by Gasteiger charge is 2.03. The summed E-state index contributed by atoms with van der Waals surface area (Å²) in [4.78, 5) is 4.22. The van der Waals surface area contributed by atoms with Crippen LogP contribution in [-0.2, 0) is 0 Å². The molecule has 2 aromatic carbocycles. The molecule has 1 nitrogen and oxygen atoms in total. The number of nitrogens with zero attached hydrogens (tertiary/aromatic N) is 1. The first-order chi connectivity index (χ1) is 14.3. The van der Waals surface area contributed by atoms with Gasteiger partial charge < -0.3 is 0 Å². The van der Waals surface area contributed by atoms with Crippen LogP contribution in [0.5, 0.6) is 0 Å². The smallest absolute Gasteiger partial charge is 0.131 e. The molecular weight excluding hydrogens is 376 g/mol. The molecule has 0 aliphatic rings. The van der Waals surface area contributed by atoms with E-state index in [0.29, 0.717) is 5.56 Å². The van der Waals surface area contributed by atoms with Crippen molar-refractivity contribution in [3.05, 3.63) is 101 Å². The normalized spacial score (nSPS) is 11.3. The van der Waals surface area contributed by atoms with Gasteiger partial charge in [0, 0.05) is 17.5 Å². The van der Waals surface area contributed by atoms with Crippen molar-refractivity contribution in [2.45, 2.75) is 54.4 Å². The minimum Gasteiger partial charge on any atom is -0.266 e. The van der Waals surface area contributed by atoms with Crippen molar-refractivity contribution in [2.75, 3.05) is 0 Å². The zero-order valence-electron chi connectivity index (χ0n) is 19.2. The van der Waals surface area contributed by atoms with Gasteiger partial charge in [-0.3, -0.25) is 4.99 Å². The van der Waals surface area contributed by atoms with Crippen LogP contribution in [0.25, 0.3) is 5.57 Å². The average Bonchev–Trinajstić information content (AvgIpc) is 2.74. The summed E-state index contributed by atoms with van der Waals surface area (Å²) in [6.07, 6.45) is 9.56. The van der Waals surface area contributed by atoms with Crippen molar-refractivity contribution in [3.8, 4) is 0 Å². The Labute approximate surface area is 181 Å². The van der Waals surface area contributed by atoms with Gasteiger partial charge in [0.05, 0.1) is 0 Å². The first kappa shape index (κ1) is 27.2. The summed E-state index contributed by atoms with van der Waals surface area (Å²) in [5, 5.41) is 0. The number of aryl methyl sites for hydroxylation is 2. The highest BCUT2D eigenvalue weighted by molar-refractivity contribution is 5.73. The fourth-order valence-corrected chi connectivity index (χ4v) is 2.35. The second-order valence-electron chi connectivity index (χ2n) is 6.58. The Kier molecular flexibility index (Phi) is 14.5. The Morgan fingerprint density at radius 2 is 1.53 bits per heavy atom. The van der Waals surface area contributed by atoms with Gasteiger partial charge in [-0.05, 0) is 69.9 Å². The Hall–Kier alpha value is -2.81. The Balaban J connectivity index is 0.000000438. The highest BCUT2D eigenvalue weighted by atomic mass is 19.1. The molecule has 30 heavy (non-hydrogen) atoms. The van der Waals surface area contributed by atoms with E-state index in [4.69, 9.17) is 0 Å². The van der Waals surface area contributed by atoms with Crippen molar-refractivity contribution in [3.63, 3.8) is 0 Å². The maximum atomic E-state index is 13.4. The number of allylic oxidation sites excluding steroid dienone is 5. The first-order valence-electron chi connectivity index (χ1n) is 10.3. The van der Waals surface area contributed by atoms with E-state index in [-0.39, 0.29) is 11.6 Å². The molecule has 0 heterocycles. The molecule has 0 bridgehead atoms. The molecule has 0 atom stereocenters. The van der Waals surface area contributed by atoms with E-state index in [9.17, 15) is 8.78 Å². The standard InChI is InChI=1S/C12H13F.C8H15N.C7H7F/c1-4-10(5-2)11-7-6-9(3)8-12(11)13;1-4-7-9-8(5-2)6-3;1-6-2-4-7(8)5-3-6/h4-8H,1H2,2-3H3;5,7H,4,6H2,1-3H3;2-5H,1H3/b10-5+;8-5-,9-7?;. The average molecular weight is 412 g/mol. The molecular formula is C27H35F2N. The minimum absolute atomic E-state index is 0.171. The molecule has 0 fully saturated rings. The van der Waals surface area contributed by atoms with Crippen LogP contribution >= 0.6 is 0 Å². The zero-order chi connectivity index (χ0) is 22.9. The summed E-state index contributed by atoms with van der Waals surface area (Å²) in [7, 11) is 0. The number of hydrogen-bond acceptors (Lipinski definition) is 1. The molecule has 0 spiro atoms. The van der Waals surface area contributed by atoms with Crippen LogP contribution in [0.4, 0.5) is 8.78 Å². The Morgan fingerprint density at radius 1 is 0.933 bits per heavy atom. The SMILES string of the molecule is C/C=C(/CC)N=CCC.C=C/C(=C\C)c1ccc(C)cc1F.Cc1ccc(F)cc1. The van der Waals surface area contributed by atoms with Crippen molar-refractivity contribution < 1.29 is 8.78 Å². The van der Waals surface area contributed by atoms with E-state index in [1.807, 2.05) is 52.1 Å². The lowest BCUT2D eigenvalue weighted by atomic mass is 10.0. The largest absolute Gasteiger partial charge is 0.266 e. The molecule has 2 rings (SSSR count). The van der Waals surface area contributed by atoms with Crippen LogP contribution in [0.2, 0.25) is 0 Å². The summed E-state index contributed by atoms with van der Waals surface area (Å²) in [5.74, 6) is -0.358. The lowest BCUT2D eigenvalue weighted by Gasteiger charge is -2.03. The number of rotatable bonds is 5. The molecule has 0 unspecified atom stereocenters. The zero-order valence-corrected chi connectivity index (χ0v) is 19.2. The van der Waals surface area contributed by atoms with Crippen molar-refractivity contribution >= 4 is 11.8 Å². The van der Waals surface area contributed by atoms with E-state index in [2.05, 4.69) is 25.4 Å². The third-order valence-corrected chi connectivity index (χ3v) is 4.11. The molecule has 0 saturated carbocycles. The maximum Gasteiger partial charge on any atom is 0.131 e. The third-order valence-electron chi connectivity index (χ3n) is 4.11. The van der Waals surface area contributed by atoms with Gasteiger partial charge in [0.25, 0.3) is 0 Å². The summed E-state index contributed by atoms with van der Waals surface area (Å²) < 4.78 is 25.5. The Bertz CT molecular complexity index is 823. The molecule has 0 radical (unpaired) electrons. The molecule has 3 heteroatoms. The van der Waals surface area contributed by atoms with Gasteiger partial charge in [0.15, 0.2) is 0 Å². The van der Waals surface area contributed by atoms with E-state index >= 15 is 0 Å². The first-order valence-corrected chi connectivity index (χ1v) is 10.3. The minimum atomic E-state index is -0.187. The number of aliphatic imine (C=N–C) groups is 1. The van der Waals surface area contributed by atoms with Crippen molar-refractivity contribution in [1.82, 2.24) is 0 Å². The molecule has 2 aromatic rings. The summed E-state index contributed by atoms with van der Waals surface area (Å²) in [5.41, 5.74) is 4.64. The molecule has 0 saturated heterocycles. The molecule has 0 amide bonds. The summed E-state index contributed by atoms with van der Waals surface area (Å²) in [6, 6.07) is 11.6. The maximum absolute atomic E-state index is 13.4. The number of benzene rings is 2. The molecule has 0 aromatic heterocycles. The van der Waals surface area contributed by atoms with Gasteiger partial charge in [-0.25, -0.2) is 8.78 Å². The van der Waals surface area contributed by atoms with Gasteiger partial charge >= 0.3 is 0 Å². The highest BCUT2D eigenvalue weighted by Crippen LogP contribution is 2.19.